The van der Waals surface area contributed by atoms with E-state index in [0.29, 0.717) is 16.9 Å². The molecule has 0 aliphatic carbocycles. The van der Waals surface area contributed by atoms with E-state index >= 15 is 0 Å². The van der Waals surface area contributed by atoms with E-state index in [-0.39, 0.29) is 17.7 Å². The molecule has 0 saturated heterocycles. The number of nitrogens with one attached hydrogen (secondary N) is 1. The normalized spacial score (nSPS) is 12.0. The van der Waals surface area contributed by atoms with Gasteiger partial charge < -0.3 is 5.32 Å². The lowest BCUT2D eigenvalue weighted by Crippen LogP contribution is -2.28. The van der Waals surface area contributed by atoms with Crippen molar-refractivity contribution in [3.05, 3.63) is 90.3 Å². The molecule has 2 aromatic carbocycles. The molecule has 174 valence electrons. The van der Waals surface area contributed by atoms with Crippen molar-refractivity contribution in [1.29, 1.82) is 0 Å². The van der Waals surface area contributed by atoms with Crippen LogP contribution < -0.4 is 5.32 Å². The standard InChI is InChI=1S/C27H29N5OS/c1-19(2)16-21-11-13-22(14-12-21)20(3)29-25(33)18-34-27-31-30-26(23-8-7-15-28-17-23)32(27)24-9-5-4-6-10-24/h4-15,17,19-20H,16,18H2,1-3H3,(H,29,33). The molecule has 0 bridgehead atoms. The van der Waals surface area contributed by atoms with Gasteiger partial charge in [0.15, 0.2) is 11.0 Å². The lowest BCUT2D eigenvalue weighted by Gasteiger charge is -2.15. The minimum atomic E-state index is -0.0702. The molecule has 0 spiro atoms. The second-order valence-corrected chi connectivity index (χ2v) is 9.58. The Hall–Kier alpha value is -3.45. The van der Waals surface area contributed by atoms with E-state index in [0.717, 1.165) is 23.2 Å². The highest BCUT2D eigenvalue weighted by Gasteiger charge is 2.18. The highest BCUT2D eigenvalue weighted by Crippen LogP contribution is 2.27. The zero-order valence-corrected chi connectivity index (χ0v) is 20.5. The Morgan fingerprint density at radius 2 is 1.74 bits per heavy atom. The maximum Gasteiger partial charge on any atom is 0.230 e. The summed E-state index contributed by atoms with van der Waals surface area (Å²) in [6.07, 6.45) is 4.55. The quantitative estimate of drug-likeness (QED) is 0.327. The summed E-state index contributed by atoms with van der Waals surface area (Å²) < 4.78 is 1.96. The molecule has 2 aromatic heterocycles. The number of carbonyl (C=O) groups is 1. The summed E-state index contributed by atoms with van der Waals surface area (Å²) in [5, 5.41) is 12.5. The van der Waals surface area contributed by atoms with E-state index in [2.05, 4.69) is 58.6 Å². The third kappa shape index (κ3) is 5.91. The lowest BCUT2D eigenvalue weighted by molar-refractivity contribution is -0.119. The van der Waals surface area contributed by atoms with E-state index < -0.39 is 0 Å². The number of para-hydroxylation sites is 1. The number of benzene rings is 2. The molecular formula is C27H29N5OS. The molecule has 1 amide bonds. The first-order valence-electron chi connectivity index (χ1n) is 11.4. The summed E-state index contributed by atoms with van der Waals surface area (Å²) in [6, 6.07) is 22.1. The van der Waals surface area contributed by atoms with Gasteiger partial charge in [-0.1, -0.05) is 68.1 Å². The van der Waals surface area contributed by atoms with Crippen LogP contribution in [0.1, 0.15) is 37.9 Å². The van der Waals surface area contributed by atoms with Crippen molar-refractivity contribution in [3.8, 4) is 17.1 Å². The van der Waals surface area contributed by atoms with E-state index in [9.17, 15) is 4.79 Å². The van der Waals surface area contributed by atoms with Gasteiger partial charge in [-0.15, -0.1) is 10.2 Å². The molecule has 4 aromatic rings. The van der Waals surface area contributed by atoms with Crippen LogP contribution in [0.4, 0.5) is 0 Å². The number of pyridine rings is 1. The van der Waals surface area contributed by atoms with E-state index in [1.54, 1.807) is 12.4 Å². The van der Waals surface area contributed by atoms with E-state index in [1.165, 1.54) is 17.3 Å². The molecule has 0 aliphatic heterocycles. The van der Waals surface area contributed by atoms with Gasteiger partial charge in [0.1, 0.15) is 0 Å². The molecule has 0 saturated carbocycles. The van der Waals surface area contributed by atoms with Gasteiger partial charge in [0, 0.05) is 23.6 Å². The van der Waals surface area contributed by atoms with Gasteiger partial charge in [0.25, 0.3) is 0 Å². The van der Waals surface area contributed by atoms with Gasteiger partial charge in [-0.25, -0.2) is 0 Å². The molecule has 7 heteroatoms. The van der Waals surface area contributed by atoms with Crippen LogP contribution >= 0.6 is 11.8 Å². The molecule has 1 atom stereocenters. The number of hydrogen-bond acceptors (Lipinski definition) is 5. The molecule has 2 heterocycles. The van der Waals surface area contributed by atoms with Crippen LogP contribution in [-0.2, 0) is 11.2 Å². The Kier molecular flexibility index (Phi) is 7.75. The molecule has 0 fully saturated rings. The highest BCUT2D eigenvalue weighted by molar-refractivity contribution is 7.99. The first kappa shape index (κ1) is 23.7. The van der Waals surface area contributed by atoms with Crippen molar-refractivity contribution in [1.82, 2.24) is 25.1 Å². The smallest absolute Gasteiger partial charge is 0.230 e. The Bertz CT molecular complexity index is 1210. The molecule has 1 unspecified atom stereocenters. The van der Waals surface area contributed by atoms with Crippen molar-refractivity contribution in [2.45, 2.75) is 38.4 Å². The van der Waals surface area contributed by atoms with Crippen molar-refractivity contribution >= 4 is 17.7 Å². The van der Waals surface area contributed by atoms with Crippen LogP contribution in [0.15, 0.2) is 84.3 Å². The minimum Gasteiger partial charge on any atom is -0.349 e. The number of hydrogen-bond donors (Lipinski definition) is 1. The number of amides is 1. The largest absolute Gasteiger partial charge is 0.349 e. The summed E-state index contributed by atoms with van der Waals surface area (Å²) in [4.78, 5) is 16.9. The Balaban J connectivity index is 1.45. The van der Waals surface area contributed by atoms with Gasteiger partial charge in [-0.3, -0.25) is 14.3 Å². The SMILES string of the molecule is CC(C)Cc1ccc(C(C)NC(=O)CSc2nnc(-c3cccnc3)n2-c2ccccc2)cc1. The zero-order valence-electron chi connectivity index (χ0n) is 19.7. The monoisotopic (exact) mass is 471 g/mol. The van der Waals surface area contributed by atoms with Crippen LogP contribution in [0.2, 0.25) is 0 Å². The molecular weight excluding hydrogens is 442 g/mol. The van der Waals surface area contributed by atoms with Crippen molar-refractivity contribution in [2.75, 3.05) is 5.75 Å². The second kappa shape index (κ2) is 11.1. The van der Waals surface area contributed by atoms with Crippen molar-refractivity contribution < 1.29 is 4.79 Å². The number of nitrogens with zero attached hydrogens (tertiary/aromatic N) is 4. The fraction of sp³-hybridized carbons (Fsp3) is 0.259. The van der Waals surface area contributed by atoms with Crippen LogP contribution in [0, 0.1) is 5.92 Å². The van der Waals surface area contributed by atoms with Crippen LogP contribution in [0.3, 0.4) is 0 Å². The third-order valence-electron chi connectivity index (χ3n) is 5.40. The molecule has 6 nitrogen and oxygen atoms in total. The van der Waals surface area contributed by atoms with Crippen LogP contribution in [0.5, 0.6) is 0 Å². The molecule has 4 rings (SSSR count). The van der Waals surface area contributed by atoms with Gasteiger partial charge in [0.2, 0.25) is 5.91 Å². The number of aromatic nitrogens is 4. The Morgan fingerprint density at radius 3 is 2.41 bits per heavy atom. The maximum absolute atomic E-state index is 12.7. The van der Waals surface area contributed by atoms with Crippen molar-refractivity contribution in [3.63, 3.8) is 0 Å². The van der Waals surface area contributed by atoms with Gasteiger partial charge in [-0.2, -0.15) is 0 Å². The first-order chi connectivity index (χ1) is 16.5. The Labute approximate surface area is 204 Å². The average Bonchev–Trinajstić information content (AvgIpc) is 3.28. The minimum absolute atomic E-state index is 0.0469. The van der Waals surface area contributed by atoms with Gasteiger partial charge in [0.05, 0.1) is 11.8 Å². The molecule has 0 aliphatic rings. The third-order valence-corrected chi connectivity index (χ3v) is 6.33. The second-order valence-electron chi connectivity index (χ2n) is 8.64. The predicted molar refractivity (Wildman–Crippen MR) is 137 cm³/mol. The first-order valence-corrected chi connectivity index (χ1v) is 12.4. The summed E-state index contributed by atoms with van der Waals surface area (Å²) in [7, 11) is 0. The number of carbonyl (C=O) groups excluding carboxylic acids is 1. The summed E-state index contributed by atoms with van der Waals surface area (Å²) >= 11 is 1.37. The summed E-state index contributed by atoms with van der Waals surface area (Å²) in [6.45, 7) is 6.44. The fourth-order valence-electron chi connectivity index (χ4n) is 3.77. The number of rotatable bonds is 9. The number of thioether (sulfide) groups is 1. The van der Waals surface area contributed by atoms with Crippen LogP contribution in [-0.4, -0.2) is 31.4 Å². The zero-order chi connectivity index (χ0) is 23.9. The van der Waals surface area contributed by atoms with Gasteiger partial charge >= 0.3 is 0 Å². The maximum atomic E-state index is 12.7. The molecule has 0 radical (unpaired) electrons. The lowest BCUT2D eigenvalue weighted by atomic mass is 10.00. The average molecular weight is 472 g/mol. The van der Waals surface area contributed by atoms with Crippen molar-refractivity contribution in [2.24, 2.45) is 5.92 Å². The predicted octanol–water partition coefficient (Wildman–Crippen LogP) is 5.50. The topological polar surface area (TPSA) is 72.7 Å². The van der Waals surface area contributed by atoms with Crippen LogP contribution in [0.25, 0.3) is 17.1 Å². The summed E-state index contributed by atoms with van der Waals surface area (Å²) in [5.41, 5.74) is 4.21. The van der Waals surface area contributed by atoms with Gasteiger partial charge in [-0.05, 0) is 54.7 Å². The molecule has 1 N–H and O–H groups in total. The van der Waals surface area contributed by atoms with E-state index in [1.807, 2.05) is 54.0 Å². The molecule has 34 heavy (non-hydrogen) atoms. The Morgan fingerprint density at radius 1 is 0.971 bits per heavy atom. The summed E-state index contributed by atoms with van der Waals surface area (Å²) in [5.74, 6) is 1.51. The van der Waals surface area contributed by atoms with E-state index in [4.69, 9.17) is 0 Å². The highest BCUT2D eigenvalue weighted by atomic mass is 32.2. The fourth-order valence-corrected chi connectivity index (χ4v) is 4.53.